The minimum absolute atomic E-state index is 0.294. The van der Waals surface area contributed by atoms with Gasteiger partial charge in [0.25, 0.3) is 0 Å². The average molecular weight is 285 g/mol. The quantitative estimate of drug-likeness (QED) is 0.624. The van der Waals surface area contributed by atoms with Gasteiger partial charge in [-0.3, -0.25) is 16.0 Å². The Labute approximate surface area is 120 Å². The van der Waals surface area contributed by atoms with Gasteiger partial charge in [-0.05, 0) is 26.2 Å². The summed E-state index contributed by atoms with van der Waals surface area (Å²) in [5.74, 6) is 6.54. The van der Waals surface area contributed by atoms with Crippen molar-refractivity contribution in [3.63, 3.8) is 0 Å². The first-order valence-electron chi connectivity index (χ1n) is 7.33. The van der Waals surface area contributed by atoms with Crippen LogP contribution in [-0.2, 0) is 13.0 Å². The molecule has 1 aromatic heterocycles. The number of hydrogen-bond donors (Lipinski definition) is 2. The lowest BCUT2D eigenvalue weighted by molar-refractivity contribution is 0.382. The summed E-state index contributed by atoms with van der Waals surface area (Å²) in [6.07, 6.45) is 7.43. The topological polar surface area (TPSA) is 55.9 Å². The highest BCUT2D eigenvalue weighted by molar-refractivity contribution is 6.31. The second-order valence-corrected chi connectivity index (χ2v) is 5.99. The zero-order valence-electron chi connectivity index (χ0n) is 12.0. The first-order chi connectivity index (χ1) is 9.15. The SMILES string of the molecule is CCn1nc(C)c(Cl)c1CC(CC1CCCC1)NN. The van der Waals surface area contributed by atoms with E-state index >= 15 is 0 Å². The van der Waals surface area contributed by atoms with Crippen LogP contribution in [0.1, 0.15) is 50.4 Å². The smallest absolute Gasteiger partial charge is 0.0847 e. The Hall–Kier alpha value is -0.580. The number of nitrogens with zero attached hydrogens (tertiary/aromatic N) is 2. The molecule has 19 heavy (non-hydrogen) atoms. The van der Waals surface area contributed by atoms with Crippen molar-refractivity contribution in [1.29, 1.82) is 0 Å². The van der Waals surface area contributed by atoms with E-state index < -0.39 is 0 Å². The predicted octanol–water partition coefficient (Wildman–Crippen LogP) is 2.82. The van der Waals surface area contributed by atoms with Crippen LogP contribution in [0.15, 0.2) is 0 Å². The molecule has 0 bridgehead atoms. The second-order valence-electron chi connectivity index (χ2n) is 5.62. The Morgan fingerprint density at radius 3 is 2.74 bits per heavy atom. The van der Waals surface area contributed by atoms with Gasteiger partial charge in [-0.1, -0.05) is 37.3 Å². The summed E-state index contributed by atoms with van der Waals surface area (Å²) in [6.45, 7) is 4.90. The lowest BCUT2D eigenvalue weighted by atomic mass is 9.96. The molecule has 1 atom stereocenters. The fraction of sp³-hybridized carbons (Fsp3) is 0.786. The molecule has 3 N–H and O–H groups in total. The van der Waals surface area contributed by atoms with E-state index in [-0.39, 0.29) is 0 Å². The van der Waals surface area contributed by atoms with Crippen LogP contribution in [0.5, 0.6) is 0 Å². The van der Waals surface area contributed by atoms with Gasteiger partial charge in [0.15, 0.2) is 0 Å². The van der Waals surface area contributed by atoms with Gasteiger partial charge in [0.05, 0.1) is 16.4 Å². The highest BCUT2D eigenvalue weighted by Crippen LogP contribution is 2.30. The van der Waals surface area contributed by atoms with Gasteiger partial charge in [-0.15, -0.1) is 0 Å². The van der Waals surface area contributed by atoms with Crippen LogP contribution in [0, 0.1) is 12.8 Å². The molecule has 0 radical (unpaired) electrons. The summed E-state index contributed by atoms with van der Waals surface area (Å²) in [7, 11) is 0. The van der Waals surface area contributed by atoms with E-state index in [2.05, 4.69) is 17.4 Å². The normalized spacial score (nSPS) is 18.1. The first-order valence-corrected chi connectivity index (χ1v) is 7.71. The molecule has 5 heteroatoms. The number of halogens is 1. The lowest BCUT2D eigenvalue weighted by Crippen LogP contribution is -2.38. The third kappa shape index (κ3) is 3.50. The number of nitrogens with two attached hydrogens (primary N) is 1. The zero-order chi connectivity index (χ0) is 13.8. The zero-order valence-corrected chi connectivity index (χ0v) is 12.7. The molecule has 108 valence electrons. The molecule has 1 aromatic rings. The van der Waals surface area contributed by atoms with E-state index in [4.69, 9.17) is 17.4 Å². The molecule has 0 amide bonds. The molecule has 1 saturated carbocycles. The van der Waals surface area contributed by atoms with Crippen LogP contribution >= 0.6 is 11.6 Å². The molecule has 1 aliphatic rings. The summed E-state index contributed by atoms with van der Waals surface area (Å²) >= 11 is 6.36. The van der Waals surface area contributed by atoms with Crippen LogP contribution in [-0.4, -0.2) is 15.8 Å². The Kier molecular flexibility index (Phi) is 5.25. The molecule has 0 saturated heterocycles. The van der Waals surface area contributed by atoms with E-state index in [1.54, 1.807) is 0 Å². The molecule has 0 aromatic carbocycles. The fourth-order valence-corrected chi connectivity index (χ4v) is 3.37. The maximum Gasteiger partial charge on any atom is 0.0847 e. The number of hydrogen-bond acceptors (Lipinski definition) is 3. The summed E-state index contributed by atoms with van der Waals surface area (Å²) in [5, 5.41) is 5.26. The molecule has 0 spiro atoms. The maximum atomic E-state index is 6.36. The van der Waals surface area contributed by atoms with Crippen LogP contribution in [0.25, 0.3) is 0 Å². The van der Waals surface area contributed by atoms with E-state index in [1.807, 2.05) is 11.6 Å². The van der Waals surface area contributed by atoms with Crippen molar-refractivity contribution in [3.05, 3.63) is 16.4 Å². The number of rotatable bonds is 6. The van der Waals surface area contributed by atoms with Crippen LogP contribution in [0.2, 0.25) is 5.02 Å². The van der Waals surface area contributed by atoms with Crippen molar-refractivity contribution < 1.29 is 0 Å². The molecule has 4 nitrogen and oxygen atoms in total. The van der Waals surface area contributed by atoms with Gasteiger partial charge in [0.1, 0.15) is 0 Å². The van der Waals surface area contributed by atoms with Gasteiger partial charge in [-0.2, -0.15) is 5.10 Å². The van der Waals surface area contributed by atoms with Crippen LogP contribution < -0.4 is 11.3 Å². The van der Waals surface area contributed by atoms with Gasteiger partial charge < -0.3 is 0 Å². The number of aromatic nitrogens is 2. The molecule has 0 aliphatic heterocycles. The van der Waals surface area contributed by atoms with E-state index in [9.17, 15) is 0 Å². The van der Waals surface area contributed by atoms with Crippen LogP contribution in [0.3, 0.4) is 0 Å². The minimum Gasteiger partial charge on any atom is -0.271 e. The minimum atomic E-state index is 0.294. The molecular weight excluding hydrogens is 260 g/mol. The molecular formula is C14H25ClN4. The van der Waals surface area contributed by atoms with Gasteiger partial charge in [0.2, 0.25) is 0 Å². The van der Waals surface area contributed by atoms with Gasteiger partial charge >= 0.3 is 0 Å². The summed E-state index contributed by atoms with van der Waals surface area (Å²) < 4.78 is 2.00. The first kappa shape index (κ1) is 14.8. The Bertz CT molecular complexity index is 410. The second kappa shape index (κ2) is 6.73. The number of hydrazine groups is 1. The van der Waals surface area contributed by atoms with E-state index in [0.717, 1.165) is 41.7 Å². The van der Waals surface area contributed by atoms with Gasteiger partial charge in [-0.25, -0.2) is 0 Å². The monoisotopic (exact) mass is 284 g/mol. The molecule has 2 rings (SSSR count). The Morgan fingerprint density at radius 1 is 1.47 bits per heavy atom. The third-order valence-electron chi connectivity index (χ3n) is 4.22. The maximum absolute atomic E-state index is 6.36. The highest BCUT2D eigenvalue weighted by atomic mass is 35.5. The summed E-state index contributed by atoms with van der Waals surface area (Å²) in [4.78, 5) is 0. The molecule has 1 heterocycles. The molecule has 1 aliphatic carbocycles. The fourth-order valence-electron chi connectivity index (χ4n) is 3.16. The largest absolute Gasteiger partial charge is 0.271 e. The molecule has 1 unspecified atom stereocenters. The number of aryl methyl sites for hydroxylation is 2. The van der Waals surface area contributed by atoms with Crippen LogP contribution in [0.4, 0.5) is 0 Å². The molecule has 1 fully saturated rings. The van der Waals surface area contributed by atoms with E-state index in [0.29, 0.717) is 6.04 Å². The van der Waals surface area contributed by atoms with Crippen molar-refractivity contribution in [2.45, 2.75) is 65.0 Å². The van der Waals surface area contributed by atoms with E-state index in [1.165, 1.54) is 25.7 Å². The summed E-state index contributed by atoms with van der Waals surface area (Å²) in [5.41, 5.74) is 4.99. The standard InChI is InChI=1S/C14H25ClN4/c1-3-19-13(14(15)10(2)18-19)9-12(17-16)8-11-6-4-5-7-11/h11-12,17H,3-9,16H2,1-2H3. The predicted molar refractivity (Wildman–Crippen MR) is 79.0 cm³/mol. The Morgan fingerprint density at radius 2 is 2.16 bits per heavy atom. The van der Waals surface area contributed by atoms with Crippen molar-refractivity contribution in [3.8, 4) is 0 Å². The van der Waals surface area contributed by atoms with Crippen molar-refractivity contribution >= 4 is 11.6 Å². The highest BCUT2D eigenvalue weighted by Gasteiger charge is 2.22. The third-order valence-corrected chi connectivity index (χ3v) is 4.71. The van der Waals surface area contributed by atoms with Crippen molar-refractivity contribution in [1.82, 2.24) is 15.2 Å². The van der Waals surface area contributed by atoms with Crippen molar-refractivity contribution in [2.24, 2.45) is 11.8 Å². The number of nitrogens with one attached hydrogen (secondary N) is 1. The van der Waals surface area contributed by atoms with Crippen molar-refractivity contribution in [2.75, 3.05) is 0 Å². The Balaban J connectivity index is 2.04. The average Bonchev–Trinajstić information content (AvgIpc) is 3.01. The summed E-state index contributed by atoms with van der Waals surface area (Å²) in [6, 6.07) is 0.294. The van der Waals surface area contributed by atoms with Gasteiger partial charge in [0, 0.05) is 19.0 Å². The lowest BCUT2D eigenvalue weighted by Gasteiger charge is -2.20.